The van der Waals surface area contributed by atoms with Gasteiger partial charge in [0.05, 0.1) is 6.54 Å². The molecule has 0 spiro atoms. The zero-order chi connectivity index (χ0) is 15.2. The molecular weight excluding hydrogens is 276 g/mol. The zero-order valence-electron chi connectivity index (χ0n) is 12.7. The van der Waals surface area contributed by atoms with E-state index in [2.05, 4.69) is 15.7 Å². The number of carbonyl (C=O) groups excluding carboxylic acids is 1. The maximum atomic E-state index is 12.0. The molecule has 1 aromatic heterocycles. The van der Waals surface area contributed by atoms with E-state index in [1.165, 1.54) is 19.3 Å². The van der Waals surface area contributed by atoms with Crippen LogP contribution in [0.4, 0.5) is 10.5 Å². The number of aromatic nitrogens is 2. The number of amides is 2. The molecule has 0 radical (unpaired) electrons. The van der Waals surface area contributed by atoms with Crippen molar-refractivity contribution in [2.24, 2.45) is 0 Å². The Morgan fingerprint density at radius 2 is 1.95 bits per heavy atom. The Morgan fingerprint density at radius 1 is 1.18 bits per heavy atom. The van der Waals surface area contributed by atoms with Crippen LogP contribution in [-0.4, -0.2) is 21.9 Å². The van der Waals surface area contributed by atoms with Gasteiger partial charge in [-0.15, -0.1) is 0 Å². The number of carbonyl (C=O) groups is 1. The topological polar surface area (TPSA) is 59.0 Å². The van der Waals surface area contributed by atoms with Crippen LogP contribution in [0.2, 0.25) is 0 Å². The van der Waals surface area contributed by atoms with E-state index in [0.29, 0.717) is 6.04 Å². The quantitative estimate of drug-likeness (QED) is 0.909. The maximum Gasteiger partial charge on any atom is 0.319 e. The molecule has 1 aromatic carbocycles. The van der Waals surface area contributed by atoms with E-state index in [-0.39, 0.29) is 6.03 Å². The van der Waals surface area contributed by atoms with Crippen LogP contribution in [0.15, 0.2) is 42.7 Å². The highest BCUT2D eigenvalue weighted by molar-refractivity contribution is 5.89. The summed E-state index contributed by atoms with van der Waals surface area (Å²) in [5, 5.41) is 10.1. The Hall–Kier alpha value is -2.30. The molecule has 1 saturated carbocycles. The van der Waals surface area contributed by atoms with E-state index in [1.54, 1.807) is 6.20 Å². The van der Waals surface area contributed by atoms with Crippen molar-refractivity contribution in [3.63, 3.8) is 0 Å². The second kappa shape index (κ2) is 7.11. The molecule has 0 unspecified atom stereocenters. The average Bonchev–Trinajstić information content (AvgIpc) is 3.03. The third kappa shape index (κ3) is 4.10. The van der Waals surface area contributed by atoms with E-state index >= 15 is 0 Å². The fraction of sp³-hybridized carbons (Fsp3) is 0.412. The first-order valence-electron chi connectivity index (χ1n) is 7.93. The summed E-state index contributed by atoms with van der Waals surface area (Å²) in [5.74, 6) is 0. The largest absolute Gasteiger partial charge is 0.335 e. The molecule has 5 heteroatoms. The minimum absolute atomic E-state index is 0.105. The standard InChI is InChI=1S/C17H22N4O/c22-17(19-15-5-2-1-3-6-15)20-16-9-7-14(8-10-16)13-21-12-4-11-18-21/h4,7-12,15H,1-3,5-6,13H2,(H2,19,20,22). The number of benzene rings is 1. The van der Waals surface area contributed by atoms with Gasteiger partial charge in [-0.2, -0.15) is 5.10 Å². The molecule has 116 valence electrons. The van der Waals surface area contributed by atoms with Crippen molar-refractivity contribution in [3.05, 3.63) is 48.3 Å². The minimum atomic E-state index is -0.105. The zero-order valence-corrected chi connectivity index (χ0v) is 12.7. The molecule has 2 N–H and O–H groups in total. The molecule has 3 rings (SSSR count). The first-order valence-corrected chi connectivity index (χ1v) is 7.93. The van der Waals surface area contributed by atoms with Crippen molar-refractivity contribution in [1.29, 1.82) is 0 Å². The minimum Gasteiger partial charge on any atom is -0.335 e. The van der Waals surface area contributed by atoms with Gasteiger partial charge >= 0.3 is 6.03 Å². The lowest BCUT2D eigenvalue weighted by Crippen LogP contribution is -2.38. The van der Waals surface area contributed by atoms with Gasteiger partial charge in [0.1, 0.15) is 0 Å². The lowest BCUT2D eigenvalue weighted by atomic mass is 9.96. The smallest absolute Gasteiger partial charge is 0.319 e. The van der Waals surface area contributed by atoms with Crippen molar-refractivity contribution >= 4 is 11.7 Å². The summed E-state index contributed by atoms with van der Waals surface area (Å²) in [6, 6.07) is 10.0. The first-order chi connectivity index (χ1) is 10.8. The van der Waals surface area contributed by atoms with Crippen LogP contribution in [0.1, 0.15) is 37.7 Å². The maximum absolute atomic E-state index is 12.0. The van der Waals surface area contributed by atoms with E-state index in [9.17, 15) is 4.79 Å². The highest BCUT2D eigenvalue weighted by atomic mass is 16.2. The van der Waals surface area contributed by atoms with Crippen molar-refractivity contribution in [1.82, 2.24) is 15.1 Å². The van der Waals surface area contributed by atoms with Gasteiger partial charge in [-0.1, -0.05) is 31.4 Å². The monoisotopic (exact) mass is 298 g/mol. The summed E-state index contributed by atoms with van der Waals surface area (Å²) in [6.45, 7) is 0.738. The summed E-state index contributed by atoms with van der Waals surface area (Å²) in [5.41, 5.74) is 1.97. The molecule has 2 aromatic rings. The molecule has 0 atom stereocenters. The molecule has 1 aliphatic carbocycles. The third-order valence-corrected chi connectivity index (χ3v) is 4.06. The Labute approximate surface area is 130 Å². The van der Waals surface area contributed by atoms with Gasteiger partial charge in [0.15, 0.2) is 0 Å². The number of nitrogens with one attached hydrogen (secondary N) is 2. The second-order valence-electron chi connectivity index (χ2n) is 5.83. The molecule has 1 fully saturated rings. The van der Waals surface area contributed by atoms with Crippen LogP contribution in [0.25, 0.3) is 0 Å². The van der Waals surface area contributed by atoms with E-state index in [1.807, 2.05) is 41.2 Å². The molecule has 2 amide bonds. The van der Waals surface area contributed by atoms with Gasteiger partial charge in [-0.3, -0.25) is 4.68 Å². The van der Waals surface area contributed by atoms with E-state index < -0.39 is 0 Å². The predicted molar refractivity (Wildman–Crippen MR) is 86.8 cm³/mol. The fourth-order valence-electron chi connectivity index (χ4n) is 2.87. The highest BCUT2D eigenvalue weighted by Crippen LogP contribution is 2.17. The van der Waals surface area contributed by atoms with Crippen LogP contribution in [0.5, 0.6) is 0 Å². The molecule has 5 nitrogen and oxygen atoms in total. The van der Waals surface area contributed by atoms with Crippen LogP contribution in [0.3, 0.4) is 0 Å². The summed E-state index contributed by atoms with van der Waals surface area (Å²) in [7, 11) is 0. The van der Waals surface area contributed by atoms with Gasteiger partial charge in [0.2, 0.25) is 0 Å². The molecule has 0 bridgehead atoms. The average molecular weight is 298 g/mol. The summed E-state index contributed by atoms with van der Waals surface area (Å²) >= 11 is 0. The predicted octanol–water partition coefficient (Wildman–Crippen LogP) is 3.39. The van der Waals surface area contributed by atoms with Crippen molar-refractivity contribution in [2.75, 3.05) is 5.32 Å². The van der Waals surface area contributed by atoms with Crippen molar-refractivity contribution < 1.29 is 4.79 Å². The normalized spacial score (nSPS) is 15.5. The van der Waals surface area contributed by atoms with Crippen molar-refractivity contribution in [3.8, 4) is 0 Å². The van der Waals surface area contributed by atoms with Crippen LogP contribution in [-0.2, 0) is 6.54 Å². The van der Waals surface area contributed by atoms with Crippen LogP contribution < -0.4 is 10.6 Å². The Balaban J connectivity index is 1.50. The fourth-order valence-corrected chi connectivity index (χ4v) is 2.87. The number of urea groups is 1. The van der Waals surface area contributed by atoms with Crippen LogP contribution >= 0.6 is 0 Å². The Kier molecular flexibility index (Phi) is 4.73. The summed E-state index contributed by atoms with van der Waals surface area (Å²) < 4.78 is 1.87. The number of nitrogens with zero attached hydrogens (tertiary/aromatic N) is 2. The van der Waals surface area contributed by atoms with Gasteiger partial charge in [-0.25, -0.2) is 4.79 Å². The lowest BCUT2D eigenvalue weighted by molar-refractivity contribution is 0.244. The van der Waals surface area contributed by atoms with Gasteiger partial charge in [-0.05, 0) is 36.6 Å². The molecule has 22 heavy (non-hydrogen) atoms. The van der Waals surface area contributed by atoms with E-state index in [0.717, 1.165) is 30.6 Å². The van der Waals surface area contributed by atoms with Crippen molar-refractivity contribution in [2.45, 2.75) is 44.7 Å². The lowest BCUT2D eigenvalue weighted by Gasteiger charge is -2.22. The number of hydrogen-bond donors (Lipinski definition) is 2. The highest BCUT2D eigenvalue weighted by Gasteiger charge is 2.15. The van der Waals surface area contributed by atoms with Gasteiger partial charge < -0.3 is 10.6 Å². The molecular formula is C17H22N4O. The molecule has 0 aliphatic heterocycles. The SMILES string of the molecule is O=C(Nc1ccc(Cn2cccn2)cc1)NC1CCCCC1. The summed E-state index contributed by atoms with van der Waals surface area (Å²) in [6.07, 6.45) is 9.61. The Bertz CT molecular complexity index is 586. The number of anilines is 1. The molecule has 1 aliphatic rings. The van der Waals surface area contributed by atoms with Gasteiger partial charge in [0.25, 0.3) is 0 Å². The third-order valence-electron chi connectivity index (χ3n) is 4.06. The first kappa shape index (κ1) is 14.6. The molecule has 1 heterocycles. The van der Waals surface area contributed by atoms with Gasteiger partial charge in [0, 0.05) is 24.1 Å². The second-order valence-corrected chi connectivity index (χ2v) is 5.83. The molecule has 0 saturated heterocycles. The van der Waals surface area contributed by atoms with Crippen LogP contribution in [0, 0.1) is 0 Å². The number of rotatable bonds is 4. The summed E-state index contributed by atoms with van der Waals surface area (Å²) in [4.78, 5) is 12.0. The van der Waals surface area contributed by atoms with E-state index in [4.69, 9.17) is 0 Å². The Morgan fingerprint density at radius 3 is 2.64 bits per heavy atom. The number of hydrogen-bond acceptors (Lipinski definition) is 2.